The summed E-state index contributed by atoms with van der Waals surface area (Å²) < 4.78 is 10.9. The Morgan fingerprint density at radius 1 is 0.690 bits per heavy atom. The van der Waals surface area contributed by atoms with Gasteiger partial charge in [-0.05, 0) is 44.9 Å². The van der Waals surface area contributed by atoms with E-state index in [2.05, 4.69) is 24.4 Å². The number of ether oxygens (including phenoxy) is 2. The number of rotatable bonds is 28. The lowest BCUT2D eigenvalue weighted by atomic mass is 9.99. The molecule has 1 fully saturated rings. The van der Waals surface area contributed by atoms with Gasteiger partial charge in [0.1, 0.15) is 24.4 Å². The van der Waals surface area contributed by atoms with Crippen LogP contribution in [0.4, 0.5) is 0 Å². The van der Waals surface area contributed by atoms with E-state index in [1.54, 1.807) is 0 Å². The van der Waals surface area contributed by atoms with Crippen molar-refractivity contribution in [3.63, 3.8) is 0 Å². The van der Waals surface area contributed by atoms with Gasteiger partial charge in [-0.15, -0.1) is 0 Å². The number of nitrogens with one attached hydrogen (secondary N) is 1. The van der Waals surface area contributed by atoms with E-state index in [1.807, 2.05) is 0 Å². The van der Waals surface area contributed by atoms with Crippen molar-refractivity contribution >= 4 is 5.91 Å². The molecule has 0 bridgehead atoms. The first-order chi connectivity index (χ1) is 20.5. The molecule has 5 atom stereocenters. The van der Waals surface area contributed by atoms with E-state index in [-0.39, 0.29) is 5.91 Å². The Labute approximate surface area is 256 Å². The third kappa shape index (κ3) is 20.0. The van der Waals surface area contributed by atoms with E-state index >= 15 is 0 Å². The number of carbonyl (C=O) groups is 1. The number of carbonyl (C=O) groups excluding carboxylic acids is 1. The molecule has 0 radical (unpaired) electrons. The Morgan fingerprint density at radius 3 is 1.81 bits per heavy atom. The highest BCUT2D eigenvalue weighted by molar-refractivity contribution is 5.75. The van der Waals surface area contributed by atoms with Gasteiger partial charge in [-0.2, -0.15) is 0 Å². The highest BCUT2D eigenvalue weighted by Crippen LogP contribution is 2.22. The van der Waals surface area contributed by atoms with E-state index in [1.165, 1.54) is 83.5 Å². The van der Waals surface area contributed by atoms with Gasteiger partial charge in [0, 0.05) is 19.6 Å². The van der Waals surface area contributed by atoms with Crippen molar-refractivity contribution in [1.29, 1.82) is 0 Å². The monoisotopic (exact) mass is 599 g/mol. The number of allylic oxidation sites excluding steroid dienone is 2. The molecule has 8 heteroatoms. The fourth-order valence-electron chi connectivity index (χ4n) is 5.36. The lowest BCUT2D eigenvalue weighted by Crippen LogP contribution is -2.59. The molecule has 0 saturated carbocycles. The predicted molar refractivity (Wildman–Crippen MR) is 169 cm³/mol. The van der Waals surface area contributed by atoms with Gasteiger partial charge in [0.15, 0.2) is 6.29 Å². The van der Waals surface area contributed by atoms with Crippen molar-refractivity contribution in [2.75, 3.05) is 19.8 Å². The molecular formula is C34H65NO7. The SMILES string of the molecule is CCCCCCCC/C=C\CCCCCCCC(=O)NCCCCCCCCCCO[C@@H]1O[C@H](CO)[C@H](O)[C@H](O)[C@H]1O. The van der Waals surface area contributed by atoms with Crippen molar-refractivity contribution in [3.05, 3.63) is 12.2 Å². The first-order valence-electron chi connectivity index (χ1n) is 17.3. The molecule has 0 spiro atoms. The molecule has 1 aliphatic rings. The summed E-state index contributed by atoms with van der Waals surface area (Å²) in [5, 5.41) is 41.8. The lowest BCUT2D eigenvalue weighted by molar-refractivity contribution is -0.301. The number of amides is 1. The van der Waals surface area contributed by atoms with E-state index < -0.39 is 37.3 Å². The number of unbranched alkanes of at least 4 members (excludes halogenated alkanes) is 18. The van der Waals surface area contributed by atoms with Gasteiger partial charge in [-0.25, -0.2) is 0 Å². The Hall–Kier alpha value is -1.03. The molecule has 8 nitrogen and oxygen atoms in total. The third-order valence-corrected chi connectivity index (χ3v) is 8.19. The molecule has 1 rings (SSSR count). The largest absolute Gasteiger partial charge is 0.394 e. The average molecular weight is 600 g/mol. The molecule has 42 heavy (non-hydrogen) atoms. The Bertz CT molecular complexity index is 645. The maximum absolute atomic E-state index is 12.0. The van der Waals surface area contributed by atoms with E-state index in [0.29, 0.717) is 13.0 Å². The van der Waals surface area contributed by atoms with Crippen molar-refractivity contribution in [1.82, 2.24) is 5.32 Å². The molecule has 0 aromatic heterocycles. The summed E-state index contributed by atoms with van der Waals surface area (Å²) in [5.41, 5.74) is 0. The number of hydrogen-bond acceptors (Lipinski definition) is 7. The summed E-state index contributed by atoms with van der Waals surface area (Å²) in [6.45, 7) is 2.98. The van der Waals surface area contributed by atoms with E-state index in [9.17, 15) is 25.2 Å². The third-order valence-electron chi connectivity index (χ3n) is 8.19. The smallest absolute Gasteiger partial charge is 0.219 e. The topological polar surface area (TPSA) is 128 Å². The molecule has 1 heterocycles. The van der Waals surface area contributed by atoms with Crippen LogP contribution in [0.15, 0.2) is 12.2 Å². The number of aliphatic hydroxyl groups excluding tert-OH is 4. The second kappa shape index (κ2) is 27.5. The minimum atomic E-state index is -1.40. The van der Waals surface area contributed by atoms with Gasteiger partial charge in [-0.1, -0.05) is 109 Å². The van der Waals surface area contributed by atoms with Crippen LogP contribution in [-0.2, 0) is 14.3 Å². The Morgan fingerprint density at radius 2 is 1.21 bits per heavy atom. The maximum Gasteiger partial charge on any atom is 0.219 e. The molecule has 1 amide bonds. The van der Waals surface area contributed by atoms with Crippen molar-refractivity contribution < 1.29 is 34.7 Å². The van der Waals surface area contributed by atoms with E-state index in [0.717, 1.165) is 57.9 Å². The molecule has 5 N–H and O–H groups in total. The van der Waals surface area contributed by atoms with Crippen LogP contribution in [0.25, 0.3) is 0 Å². The maximum atomic E-state index is 12.0. The fourth-order valence-corrected chi connectivity index (χ4v) is 5.36. The average Bonchev–Trinajstić information content (AvgIpc) is 2.99. The summed E-state index contributed by atoms with van der Waals surface area (Å²) in [4.78, 5) is 12.0. The van der Waals surface area contributed by atoms with Crippen LogP contribution in [0.1, 0.15) is 148 Å². The van der Waals surface area contributed by atoms with Crippen LogP contribution in [0.3, 0.4) is 0 Å². The quantitative estimate of drug-likeness (QED) is 0.0545. The zero-order valence-corrected chi connectivity index (χ0v) is 26.7. The first-order valence-corrected chi connectivity index (χ1v) is 17.3. The Balaban J connectivity index is 1.80. The van der Waals surface area contributed by atoms with Crippen molar-refractivity contribution in [2.45, 2.75) is 179 Å². The normalized spacial score (nSPS) is 22.6. The van der Waals surface area contributed by atoms with Crippen LogP contribution < -0.4 is 5.32 Å². The molecular weight excluding hydrogens is 534 g/mol. The minimum Gasteiger partial charge on any atom is -0.394 e. The molecule has 0 aliphatic carbocycles. The zero-order valence-electron chi connectivity index (χ0n) is 26.7. The van der Waals surface area contributed by atoms with Gasteiger partial charge in [0.05, 0.1) is 6.61 Å². The van der Waals surface area contributed by atoms with Crippen molar-refractivity contribution in [2.24, 2.45) is 0 Å². The fraction of sp³-hybridized carbons (Fsp3) is 0.912. The summed E-state index contributed by atoms with van der Waals surface area (Å²) in [5.74, 6) is 0.193. The van der Waals surface area contributed by atoms with Gasteiger partial charge in [-0.3, -0.25) is 4.79 Å². The highest BCUT2D eigenvalue weighted by Gasteiger charge is 2.43. The molecule has 1 aliphatic heterocycles. The second-order valence-corrected chi connectivity index (χ2v) is 12.1. The van der Waals surface area contributed by atoms with Crippen LogP contribution in [0, 0.1) is 0 Å². The molecule has 0 aromatic carbocycles. The van der Waals surface area contributed by atoms with Gasteiger partial charge in [0.25, 0.3) is 0 Å². The standard InChI is InChI=1S/C34H65NO7/c1-2-3-4-5-6-7-8-9-10-11-12-13-16-19-22-25-30(37)35-26-23-20-17-14-15-18-21-24-27-41-34-33(40)32(39)31(38)29(28-36)42-34/h9-10,29,31-34,36,38-40H,2-8,11-28H2,1H3,(H,35,37)/b10-9-/t29-,31+,32+,33-,34-/m1/s1. The van der Waals surface area contributed by atoms with E-state index in [4.69, 9.17) is 9.47 Å². The van der Waals surface area contributed by atoms with Crippen molar-refractivity contribution in [3.8, 4) is 0 Å². The zero-order chi connectivity index (χ0) is 30.7. The second-order valence-electron chi connectivity index (χ2n) is 12.1. The minimum absolute atomic E-state index is 0.193. The van der Waals surface area contributed by atoms with Crippen LogP contribution >= 0.6 is 0 Å². The summed E-state index contributed by atoms with van der Waals surface area (Å²) in [6.07, 6.45) is 24.4. The summed E-state index contributed by atoms with van der Waals surface area (Å²) in [6, 6.07) is 0. The molecule has 0 aromatic rings. The van der Waals surface area contributed by atoms with Gasteiger partial charge >= 0.3 is 0 Å². The molecule has 0 unspecified atom stereocenters. The number of hydrogen-bond donors (Lipinski definition) is 5. The van der Waals surface area contributed by atoms with Gasteiger partial charge < -0.3 is 35.2 Å². The van der Waals surface area contributed by atoms with Crippen LogP contribution in [-0.4, -0.2) is 76.8 Å². The summed E-state index contributed by atoms with van der Waals surface area (Å²) in [7, 11) is 0. The van der Waals surface area contributed by atoms with Crippen LogP contribution in [0.2, 0.25) is 0 Å². The summed E-state index contributed by atoms with van der Waals surface area (Å²) >= 11 is 0. The van der Waals surface area contributed by atoms with Gasteiger partial charge in [0.2, 0.25) is 5.91 Å². The highest BCUT2D eigenvalue weighted by atomic mass is 16.7. The molecule has 248 valence electrons. The molecule has 1 saturated heterocycles. The predicted octanol–water partition coefficient (Wildman–Crippen LogP) is 6.08. The van der Waals surface area contributed by atoms with Crippen LogP contribution in [0.5, 0.6) is 0 Å². The lowest BCUT2D eigenvalue weighted by Gasteiger charge is -2.39. The first kappa shape index (κ1) is 39.0. The Kier molecular flexibility index (Phi) is 25.5. The number of aliphatic hydroxyl groups is 4.